The molecule has 3 heterocycles. The molecule has 1 N–H and O–H groups in total. The van der Waals surface area contributed by atoms with Crippen LogP contribution in [-0.4, -0.2) is 58.4 Å². The van der Waals surface area contributed by atoms with Crippen LogP contribution < -0.4 is 14.8 Å². The van der Waals surface area contributed by atoms with Crippen LogP contribution in [0.3, 0.4) is 0 Å². The molecule has 0 fully saturated rings. The van der Waals surface area contributed by atoms with Crippen molar-refractivity contribution in [2.24, 2.45) is 0 Å². The number of hydrogen-bond donors (Lipinski definition) is 1. The van der Waals surface area contributed by atoms with Gasteiger partial charge in [0.15, 0.2) is 24.0 Å². The predicted molar refractivity (Wildman–Crippen MR) is 136 cm³/mol. The third-order valence-electron chi connectivity index (χ3n) is 5.21. The number of rotatable bonds is 9. The van der Waals surface area contributed by atoms with Crippen LogP contribution in [0.4, 0.5) is 5.82 Å². The molecule has 10 heteroatoms. The first kappa shape index (κ1) is 24.9. The zero-order chi connectivity index (χ0) is 25.8. The number of nitrogens with zero attached hydrogens (tertiary/aromatic N) is 5. The van der Waals surface area contributed by atoms with E-state index in [1.54, 1.807) is 30.0 Å². The summed E-state index contributed by atoms with van der Waals surface area (Å²) in [5.74, 6) is 3.22. The average molecular weight is 491 g/mol. The van der Waals surface area contributed by atoms with Gasteiger partial charge < -0.3 is 24.1 Å². The summed E-state index contributed by atoms with van der Waals surface area (Å²) >= 11 is 0. The van der Waals surface area contributed by atoms with Crippen molar-refractivity contribution in [1.82, 2.24) is 24.6 Å². The molecule has 0 aliphatic heterocycles. The Kier molecular flexibility index (Phi) is 7.35. The molecule has 3 aromatic heterocycles. The van der Waals surface area contributed by atoms with E-state index < -0.39 is 0 Å². The zero-order valence-corrected chi connectivity index (χ0v) is 21.3. The van der Waals surface area contributed by atoms with E-state index in [9.17, 15) is 4.79 Å². The minimum Gasteiger partial charge on any atom is -0.497 e. The molecule has 4 rings (SSSR count). The van der Waals surface area contributed by atoms with Crippen LogP contribution in [-0.2, 0) is 11.3 Å². The number of ether oxygens (including phenoxy) is 2. The lowest BCUT2D eigenvalue weighted by Crippen LogP contribution is -2.21. The number of furan rings is 1. The number of aryl methyl sites for hydroxylation is 3. The van der Waals surface area contributed by atoms with Crippen LogP contribution in [0.5, 0.6) is 11.5 Å². The molecule has 1 aromatic carbocycles. The van der Waals surface area contributed by atoms with Gasteiger partial charge in [0.25, 0.3) is 5.91 Å². The number of hydrogen-bond acceptors (Lipinski definition) is 8. The molecule has 10 nitrogen and oxygen atoms in total. The van der Waals surface area contributed by atoms with Crippen molar-refractivity contribution in [3.8, 4) is 28.9 Å². The van der Waals surface area contributed by atoms with Crippen molar-refractivity contribution in [2.75, 3.05) is 33.1 Å². The molecule has 1 amide bonds. The normalized spacial score (nSPS) is 11.1. The van der Waals surface area contributed by atoms with Crippen LogP contribution in [0.25, 0.3) is 17.4 Å². The van der Waals surface area contributed by atoms with Crippen LogP contribution in [0, 0.1) is 20.8 Å². The number of benzene rings is 1. The maximum atomic E-state index is 12.8. The fourth-order valence-electron chi connectivity index (χ4n) is 3.75. The maximum absolute atomic E-state index is 12.8. The second-order valence-corrected chi connectivity index (χ2v) is 8.78. The molecule has 0 aliphatic rings. The molecule has 0 aliphatic carbocycles. The lowest BCUT2D eigenvalue weighted by atomic mass is 10.2. The highest BCUT2D eigenvalue weighted by Crippen LogP contribution is 2.25. The SMILES string of the molecule is COc1cc(CN(C)C)cc(OCC(=O)Nc2cc(-n3nc(C)cc3C)nc(-c3ccc(C)o3)n2)c1. The molecular formula is C26H30N6O4. The summed E-state index contributed by atoms with van der Waals surface area (Å²) in [4.78, 5) is 23.9. The van der Waals surface area contributed by atoms with E-state index in [0.29, 0.717) is 41.3 Å². The Balaban J connectivity index is 1.55. The quantitative estimate of drug-likeness (QED) is 0.376. The lowest BCUT2D eigenvalue weighted by Gasteiger charge is -2.14. The summed E-state index contributed by atoms with van der Waals surface area (Å²) in [5, 5.41) is 7.31. The highest BCUT2D eigenvalue weighted by Gasteiger charge is 2.15. The molecule has 0 bridgehead atoms. The van der Waals surface area contributed by atoms with Gasteiger partial charge >= 0.3 is 0 Å². The second-order valence-electron chi connectivity index (χ2n) is 8.78. The van der Waals surface area contributed by atoms with Gasteiger partial charge in [-0.25, -0.2) is 14.6 Å². The molecule has 188 valence electrons. The van der Waals surface area contributed by atoms with Crippen molar-refractivity contribution in [3.63, 3.8) is 0 Å². The Morgan fingerprint density at radius 2 is 1.83 bits per heavy atom. The Labute approximate surface area is 209 Å². The minimum absolute atomic E-state index is 0.205. The minimum atomic E-state index is -0.369. The Hall–Kier alpha value is -4.18. The van der Waals surface area contributed by atoms with E-state index in [1.807, 2.05) is 64.0 Å². The average Bonchev–Trinajstić information content (AvgIpc) is 3.41. The standard InChI is InChI=1S/C26H30N6O4/c1-16-9-17(2)32(30-16)24-13-23(28-26(29-24)22-8-7-18(3)36-22)27-25(33)15-35-21-11-19(14-31(4)5)10-20(12-21)34-6/h7-13H,14-15H2,1-6H3,(H,27,28,29,33). The van der Waals surface area contributed by atoms with Crippen molar-refractivity contribution >= 4 is 11.7 Å². The Morgan fingerprint density at radius 3 is 2.47 bits per heavy atom. The molecule has 0 unspecified atom stereocenters. The van der Waals surface area contributed by atoms with Crippen molar-refractivity contribution in [2.45, 2.75) is 27.3 Å². The number of amides is 1. The molecule has 0 saturated carbocycles. The van der Waals surface area contributed by atoms with E-state index in [4.69, 9.17) is 13.9 Å². The summed E-state index contributed by atoms with van der Waals surface area (Å²) in [7, 11) is 5.56. The number of nitrogens with one attached hydrogen (secondary N) is 1. The number of methoxy groups -OCH3 is 1. The zero-order valence-electron chi connectivity index (χ0n) is 21.3. The second kappa shape index (κ2) is 10.6. The highest BCUT2D eigenvalue weighted by atomic mass is 16.5. The van der Waals surface area contributed by atoms with Gasteiger partial charge in [0.05, 0.1) is 12.8 Å². The summed E-state index contributed by atoms with van der Waals surface area (Å²) < 4.78 is 18.6. The summed E-state index contributed by atoms with van der Waals surface area (Å²) in [6.07, 6.45) is 0. The molecule has 0 atom stereocenters. The van der Waals surface area contributed by atoms with Gasteiger partial charge in [0.1, 0.15) is 23.1 Å². The third kappa shape index (κ3) is 6.08. The van der Waals surface area contributed by atoms with Crippen molar-refractivity contribution in [1.29, 1.82) is 0 Å². The van der Waals surface area contributed by atoms with Gasteiger partial charge in [-0.1, -0.05) is 0 Å². The maximum Gasteiger partial charge on any atom is 0.263 e. The fraction of sp³-hybridized carbons (Fsp3) is 0.308. The third-order valence-corrected chi connectivity index (χ3v) is 5.21. The van der Waals surface area contributed by atoms with E-state index in [2.05, 4.69) is 20.4 Å². The first-order valence-corrected chi connectivity index (χ1v) is 11.4. The molecule has 0 radical (unpaired) electrons. The van der Waals surface area contributed by atoms with Gasteiger partial charge in [-0.15, -0.1) is 0 Å². The van der Waals surface area contributed by atoms with Gasteiger partial charge in [0.2, 0.25) is 0 Å². The van der Waals surface area contributed by atoms with E-state index in [0.717, 1.165) is 22.7 Å². The number of carbonyl (C=O) groups excluding carboxylic acids is 1. The van der Waals surface area contributed by atoms with E-state index in [-0.39, 0.29) is 12.5 Å². The number of carbonyl (C=O) groups is 1. The van der Waals surface area contributed by atoms with Gasteiger partial charge in [-0.3, -0.25) is 4.79 Å². The van der Waals surface area contributed by atoms with Crippen molar-refractivity contribution in [3.05, 3.63) is 65.2 Å². The molecule has 0 saturated heterocycles. The van der Waals surface area contributed by atoms with Crippen LogP contribution in [0.1, 0.15) is 22.7 Å². The molecular weight excluding hydrogens is 460 g/mol. The monoisotopic (exact) mass is 490 g/mol. The van der Waals surface area contributed by atoms with E-state index >= 15 is 0 Å². The van der Waals surface area contributed by atoms with Crippen LogP contribution in [0.15, 0.2) is 46.9 Å². The van der Waals surface area contributed by atoms with Crippen molar-refractivity contribution < 1.29 is 18.7 Å². The van der Waals surface area contributed by atoms with Gasteiger partial charge in [-0.2, -0.15) is 5.10 Å². The summed E-state index contributed by atoms with van der Waals surface area (Å²) in [6, 6.07) is 12.8. The highest BCUT2D eigenvalue weighted by molar-refractivity contribution is 5.91. The predicted octanol–water partition coefficient (Wildman–Crippen LogP) is 3.94. The number of anilines is 1. The molecule has 0 spiro atoms. The topological polar surface area (TPSA) is 108 Å². The Morgan fingerprint density at radius 1 is 1.06 bits per heavy atom. The number of aromatic nitrogens is 4. The Bertz CT molecular complexity index is 1370. The molecule has 36 heavy (non-hydrogen) atoms. The summed E-state index contributed by atoms with van der Waals surface area (Å²) in [5.41, 5.74) is 2.77. The molecule has 4 aromatic rings. The van der Waals surface area contributed by atoms with E-state index in [1.165, 1.54) is 0 Å². The first-order chi connectivity index (χ1) is 17.2. The first-order valence-electron chi connectivity index (χ1n) is 11.4. The van der Waals surface area contributed by atoms with Gasteiger partial charge in [-0.05, 0) is 70.8 Å². The van der Waals surface area contributed by atoms with Crippen LogP contribution >= 0.6 is 0 Å². The fourth-order valence-corrected chi connectivity index (χ4v) is 3.75. The van der Waals surface area contributed by atoms with Gasteiger partial charge in [0, 0.05) is 24.4 Å². The smallest absolute Gasteiger partial charge is 0.263 e. The lowest BCUT2D eigenvalue weighted by molar-refractivity contribution is -0.118. The van der Waals surface area contributed by atoms with Crippen LogP contribution in [0.2, 0.25) is 0 Å². The summed E-state index contributed by atoms with van der Waals surface area (Å²) in [6.45, 7) is 6.19. The largest absolute Gasteiger partial charge is 0.497 e.